The maximum Gasteiger partial charge on any atom is 0.280 e. The second-order valence-corrected chi connectivity index (χ2v) is 4.34. The molecule has 94 valence electrons. The monoisotopic (exact) mass is 247 g/mol. The SMILES string of the molecule is Cn1ncnc1NC(=O)c1n[nH]c(C2CC2)c1N. The number of carbonyl (C=O) groups excluding carboxylic acids is 1. The quantitative estimate of drug-likeness (QED) is 0.719. The van der Waals surface area contributed by atoms with Crippen LogP contribution in [0.1, 0.15) is 34.9 Å². The number of aryl methyl sites for hydroxylation is 1. The maximum atomic E-state index is 12.0. The van der Waals surface area contributed by atoms with Crippen LogP contribution in [-0.2, 0) is 7.05 Å². The molecule has 8 heteroatoms. The van der Waals surface area contributed by atoms with Gasteiger partial charge in [0, 0.05) is 13.0 Å². The van der Waals surface area contributed by atoms with E-state index in [4.69, 9.17) is 5.73 Å². The highest BCUT2D eigenvalue weighted by atomic mass is 16.2. The summed E-state index contributed by atoms with van der Waals surface area (Å²) >= 11 is 0. The lowest BCUT2D eigenvalue weighted by molar-refractivity contribution is 0.102. The number of aromatic amines is 1. The summed E-state index contributed by atoms with van der Waals surface area (Å²) in [5.74, 6) is 0.399. The smallest absolute Gasteiger partial charge is 0.280 e. The van der Waals surface area contributed by atoms with Gasteiger partial charge in [0.05, 0.1) is 11.4 Å². The summed E-state index contributed by atoms with van der Waals surface area (Å²) in [7, 11) is 1.69. The highest BCUT2D eigenvalue weighted by Crippen LogP contribution is 2.42. The van der Waals surface area contributed by atoms with Crippen molar-refractivity contribution in [1.82, 2.24) is 25.0 Å². The molecule has 3 rings (SSSR count). The second-order valence-electron chi connectivity index (χ2n) is 4.34. The van der Waals surface area contributed by atoms with Crippen LogP contribution in [0, 0.1) is 0 Å². The van der Waals surface area contributed by atoms with Crippen LogP contribution in [0.15, 0.2) is 6.33 Å². The van der Waals surface area contributed by atoms with Gasteiger partial charge in [-0.15, -0.1) is 0 Å². The molecule has 4 N–H and O–H groups in total. The Morgan fingerprint density at radius 3 is 3.00 bits per heavy atom. The van der Waals surface area contributed by atoms with E-state index >= 15 is 0 Å². The summed E-state index contributed by atoms with van der Waals surface area (Å²) in [6.45, 7) is 0. The molecule has 0 unspecified atom stereocenters. The predicted octanol–water partition coefficient (Wildman–Crippen LogP) is 0.250. The van der Waals surface area contributed by atoms with Crippen LogP contribution in [0.3, 0.4) is 0 Å². The van der Waals surface area contributed by atoms with E-state index in [2.05, 4.69) is 25.6 Å². The number of nitrogen functional groups attached to an aromatic ring is 1. The Labute approximate surface area is 103 Å². The van der Waals surface area contributed by atoms with Gasteiger partial charge in [-0.3, -0.25) is 15.2 Å². The number of amides is 1. The summed E-state index contributed by atoms with van der Waals surface area (Å²) in [4.78, 5) is 15.9. The van der Waals surface area contributed by atoms with Crippen LogP contribution in [0.5, 0.6) is 0 Å². The van der Waals surface area contributed by atoms with Gasteiger partial charge in [-0.25, -0.2) is 4.68 Å². The minimum absolute atomic E-state index is 0.208. The number of hydrogen-bond donors (Lipinski definition) is 3. The Balaban J connectivity index is 1.82. The van der Waals surface area contributed by atoms with E-state index in [-0.39, 0.29) is 11.6 Å². The predicted molar refractivity (Wildman–Crippen MR) is 63.9 cm³/mol. The van der Waals surface area contributed by atoms with E-state index in [0.29, 0.717) is 17.6 Å². The molecule has 0 spiro atoms. The lowest BCUT2D eigenvalue weighted by Gasteiger charge is -2.02. The number of anilines is 2. The Kier molecular flexibility index (Phi) is 2.29. The molecule has 0 atom stereocenters. The molecule has 1 saturated carbocycles. The molecule has 1 aliphatic carbocycles. The van der Waals surface area contributed by atoms with Gasteiger partial charge in [0.15, 0.2) is 5.69 Å². The normalized spacial score (nSPS) is 14.7. The average Bonchev–Trinajstić information content (AvgIpc) is 3.00. The van der Waals surface area contributed by atoms with E-state index in [9.17, 15) is 4.79 Å². The Morgan fingerprint density at radius 1 is 1.61 bits per heavy atom. The fourth-order valence-corrected chi connectivity index (χ4v) is 1.79. The van der Waals surface area contributed by atoms with Crippen molar-refractivity contribution in [3.8, 4) is 0 Å². The number of carbonyl (C=O) groups is 1. The van der Waals surface area contributed by atoms with E-state index in [1.165, 1.54) is 11.0 Å². The van der Waals surface area contributed by atoms with Crippen LogP contribution in [-0.4, -0.2) is 30.9 Å². The minimum atomic E-state index is -0.383. The third-order valence-corrected chi connectivity index (χ3v) is 2.97. The molecule has 0 radical (unpaired) electrons. The van der Waals surface area contributed by atoms with Crippen molar-refractivity contribution in [1.29, 1.82) is 0 Å². The average molecular weight is 247 g/mol. The molecule has 1 amide bonds. The summed E-state index contributed by atoms with van der Waals surface area (Å²) in [6.07, 6.45) is 3.55. The molecule has 0 aliphatic heterocycles. The van der Waals surface area contributed by atoms with Gasteiger partial charge in [0.1, 0.15) is 6.33 Å². The topological polar surface area (TPSA) is 115 Å². The number of nitrogens with one attached hydrogen (secondary N) is 2. The first-order chi connectivity index (χ1) is 8.66. The summed E-state index contributed by atoms with van der Waals surface area (Å²) in [5, 5.41) is 13.3. The van der Waals surface area contributed by atoms with Gasteiger partial charge in [0.2, 0.25) is 5.95 Å². The molecule has 8 nitrogen and oxygen atoms in total. The molecule has 1 aliphatic rings. The first kappa shape index (κ1) is 10.8. The van der Waals surface area contributed by atoms with Gasteiger partial charge in [-0.1, -0.05) is 0 Å². The molecule has 2 aromatic heterocycles. The zero-order valence-corrected chi connectivity index (χ0v) is 9.84. The lowest BCUT2D eigenvalue weighted by atomic mass is 10.2. The Morgan fingerprint density at radius 2 is 2.39 bits per heavy atom. The Hall–Kier alpha value is -2.38. The standard InChI is InChI=1S/C10H13N7O/c1-17-10(12-4-13-17)14-9(18)8-6(11)7(15-16-8)5-2-3-5/h4-5H,2-3,11H2,1H3,(H,15,16)(H,12,13,14,18). The number of rotatable bonds is 3. The zero-order chi connectivity index (χ0) is 12.7. The highest BCUT2D eigenvalue weighted by Gasteiger charge is 2.30. The molecular formula is C10H13N7O. The third kappa shape index (κ3) is 1.71. The maximum absolute atomic E-state index is 12.0. The largest absolute Gasteiger partial charge is 0.395 e. The van der Waals surface area contributed by atoms with E-state index in [1.807, 2.05) is 0 Å². The first-order valence-corrected chi connectivity index (χ1v) is 5.66. The molecule has 0 saturated heterocycles. The molecular weight excluding hydrogens is 234 g/mol. The Bertz CT molecular complexity index is 595. The van der Waals surface area contributed by atoms with E-state index in [1.54, 1.807) is 7.05 Å². The summed E-state index contributed by atoms with van der Waals surface area (Å²) in [6, 6.07) is 0. The van der Waals surface area contributed by atoms with Gasteiger partial charge in [-0.05, 0) is 12.8 Å². The number of nitrogens with two attached hydrogens (primary N) is 1. The second kappa shape index (κ2) is 3.83. The number of hydrogen-bond acceptors (Lipinski definition) is 5. The molecule has 2 heterocycles. The van der Waals surface area contributed by atoms with Crippen LogP contribution in [0.2, 0.25) is 0 Å². The first-order valence-electron chi connectivity index (χ1n) is 5.66. The lowest BCUT2D eigenvalue weighted by Crippen LogP contribution is -2.17. The fraction of sp³-hybridized carbons (Fsp3) is 0.400. The highest BCUT2D eigenvalue weighted by molar-refractivity contribution is 6.05. The fourth-order valence-electron chi connectivity index (χ4n) is 1.79. The van der Waals surface area contributed by atoms with Crippen LogP contribution < -0.4 is 11.1 Å². The van der Waals surface area contributed by atoms with Crippen molar-refractivity contribution in [2.75, 3.05) is 11.1 Å². The van der Waals surface area contributed by atoms with Crippen LogP contribution in [0.25, 0.3) is 0 Å². The summed E-state index contributed by atoms with van der Waals surface area (Å²) < 4.78 is 1.46. The zero-order valence-electron chi connectivity index (χ0n) is 9.84. The minimum Gasteiger partial charge on any atom is -0.395 e. The van der Waals surface area contributed by atoms with Crippen molar-refractivity contribution in [2.24, 2.45) is 7.05 Å². The number of H-pyrrole nitrogens is 1. The molecule has 1 fully saturated rings. The summed E-state index contributed by atoms with van der Waals surface area (Å²) in [5.41, 5.74) is 7.41. The number of aromatic nitrogens is 5. The van der Waals surface area contributed by atoms with Crippen LogP contribution in [0.4, 0.5) is 11.6 Å². The van der Waals surface area contributed by atoms with E-state index < -0.39 is 0 Å². The van der Waals surface area contributed by atoms with Crippen molar-refractivity contribution < 1.29 is 4.79 Å². The van der Waals surface area contributed by atoms with Crippen molar-refractivity contribution in [3.05, 3.63) is 17.7 Å². The van der Waals surface area contributed by atoms with E-state index in [0.717, 1.165) is 18.5 Å². The van der Waals surface area contributed by atoms with Gasteiger partial charge in [0.25, 0.3) is 5.91 Å². The third-order valence-electron chi connectivity index (χ3n) is 2.97. The van der Waals surface area contributed by atoms with Crippen molar-refractivity contribution in [3.63, 3.8) is 0 Å². The molecule has 2 aromatic rings. The van der Waals surface area contributed by atoms with Crippen molar-refractivity contribution >= 4 is 17.5 Å². The van der Waals surface area contributed by atoms with Crippen LogP contribution >= 0.6 is 0 Å². The van der Waals surface area contributed by atoms with Crippen molar-refractivity contribution in [2.45, 2.75) is 18.8 Å². The van der Waals surface area contributed by atoms with Gasteiger partial charge >= 0.3 is 0 Å². The molecule has 0 aromatic carbocycles. The molecule has 18 heavy (non-hydrogen) atoms. The molecule has 0 bridgehead atoms. The number of nitrogens with zero attached hydrogens (tertiary/aromatic N) is 4. The van der Waals surface area contributed by atoms with Gasteiger partial charge < -0.3 is 5.73 Å². The van der Waals surface area contributed by atoms with Gasteiger partial charge in [-0.2, -0.15) is 15.2 Å².